The Morgan fingerprint density at radius 3 is 2.83 bits per heavy atom. The van der Waals surface area contributed by atoms with Crippen LogP contribution in [0.5, 0.6) is 0 Å². The van der Waals surface area contributed by atoms with Crippen molar-refractivity contribution in [2.45, 2.75) is 6.54 Å². The second-order valence-electron chi connectivity index (χ2n) is 3.56. The molecule has 2 aromatic rings. The number of hydrogen-bond acceptors (Lipinski definition) is 4. The highest BCUT2D eigenvalue weighted by molar-refractivity contribution is 6.04. The molecule has 0 unspecified atom stereocenters. The van der Waals surface area contributed by atoms with Crippen LogP contribution in [0, 0.1) is 5.95 Å². The zero-order chi connectivity index (χ0) is 13.0. The minimum Gasteiger partial charge on any atom is -0.325 e. The van der Waals surface area contributed by atoms with Crippen LogP contribution >= 0.6 is 0 Å². The number of nitrogens with two attached hydrogens (primary N) is 1. The van der Waals surface area contributed by atoms with E-state index in [1.165, 1.54) is 24.5 Å². The Bertz CT molecular complexity index is 556. The molecular weight excluding hydrogens is 235 g/mol. The number of carbonyl (C=O) groups excluding carboxylic acids is 1. The van der Waals surface area contributed by atoms with E-state index >= 15 is 0 Å². The van der Waals surface area contributed by atoms with Crippen LogP contribution in [0.1, 0.15) is 16.1 Å². The number of carbonyl (C=O) groups is 1. The highest BCUT2D eigenvalue weighted by Gasteiger charge is 2.07. The minimum atomic E-state index is -0.595. The molecule has 0 saturated heterocycles. The molecule has 1 amide bonds. The van der Waals surface area contributed by atoms with Crippen molar-refractivity contribution in [3.63, 3.8) is 0 Å². The zero-order valence-electron chi connectivity index (χ0n) is 9.43. The summed E-state index contributed by atoms with van der Waals surface area (Å²) in [6.45, 7) is 0.263. The molecule has 0 atom stereocenters. The van der Waals surface area contributed by atoms with Gasteiger partial charge in [-0.05, 0) is 24.3 Å². The maximum absolute atomic E-state index is 12.6. The average molecular weight is 246 g/mol. The van der Waals surface area contributed by atoms with E-state index in [2.05, 4.69) is 15.3 Å². The van der Waals surface area contributed by atoms with E-state index in [0.29, 0.717) is 16.9 Å². The maximum atomic E-state index is 12.6. The van der Waals surface area contributed by atoms with Crippen LogP contribution in [0.15, 0.2) is 36.7 Å². The molecule has 0 aromatic carbocycles. The van der Waals surface area contributed by atoms with Crippen molar-refractivity contribution >= 4 is 11.6 Å². The molecular formula is C12H11FN4O. The molecule has 0 fully saturated rings. The maximum Gasteiger partial charge on any atom is 0.255 e. The number of nitrogens with one attached hydrogen (secondary N) is 1. The standard InChI is InChI=1S/C12H11FN4O/c13-11-2-1-9(7-16-11)17-12(18)8-3-4-15-10(5-8)6-14/h1-5,7H,6,14H2,(H,17,18). The monoisotopic (exact) mass is 246 g/mol. The lowest BCUT2D eigenvalue weighted by Crippen LogP contribution is -2.13. The van der Waals surface area contributed by atoms with Crippen LogP contribution in [-0.2, 0) is 6.54 Å². The fourth-order valence-corrected chi connectivity index (χ4v) is 1.38. The molecule has 5 nitrogen and oxygen atoms in total. The fraction of sp³-hybridized carbons (Fsp3) is 0.0833. The van der Waals surface area contributed by atoms with Crippen molar-refractivity contribution in [1.29, 1.82) is 0 Å². The highest BCUT2D eigenvalue weighted by atomic mass is 19.1. The number of nitrogens with zero attached hydrogens (tertiary/aromatic N) is 2. The van der Waals surface area contributed by atoms with Gasteiger partial charge in [0.2, 0.25) is 5.95 Å². The first-order valence-corrected chi connectivity index (χ1v) is 5.27. The predicted molar refractivity (Wildman–Crippen MR) is 64.3 cm³/mol. The van der Waals surface area contributed by atoms with E-state index in [1.807, 2.05) is 0 Å². The Morgan fingerprint density at radius 1 is 1.33 bits per heavy atom. The third kappa shape index (κ3) is 2.86. The van der Waals surface area contributed by atoms with Gasteiger partial charge in [-0.1, -0.05) is 0 Å². The number of halogens is 1. The largest absolute Gasteiger partial charge is 0.325 e. The van der Waals surface area contributed by atoms with E-state index in [-0.39, 0.29) is 12.5 Å². The van der Waals surface area contributed by atoms with Crippen molar-refractivity contribution in [2.24, 2.45) is 5.73 Å². The molecule has 0 radical (unpaired) electrons. The van der Waals surface area contributed by atoms with Gasteiger partial charge in [-0.3, -0.25) is 9.78 Å². The first kappa shape index (κ1) is 12.1. The summed E-state index contributed by atoms with van der Waals surface area (Å²) in [7, 11) is 0. The van der Waals surface area contributed by atoms with Gasteiger partial charge in [-0.2, -0.15) is 4.39 Å². The lowest BCUT2D eigenvalue weighted by atomic mass is 10.2. The van der Waals surface area contributed by atoms with Gasteiger partial charge in [-0.25, -0.2) is 4.98 Å². The number of amides is 1. The van der Waals surface area contributed by atoms with Crippen LogP contribution in [0.3, 0.4) is 0 Å². The molecule has 92 valence electrons. The summed E-state index contributed by atoms with van der Waals surface area (Å²) in [4.78, 5) is 19.3. The fourth-order valence-electron chi connectivity index (χ4n) is 1.38. The third-order valence-corrected chi connectivity index (χ3v) is 2.27. The molecule has 2 heterocycles. The number of rotatable bonds is 3. The molecule has 0 aliphatic carbocycles. The molecule has 0 bridgehead atoms. The predicted octanol–water partition coefficient (Wildman–Crippen LogP) is 1.33. The quantitative estimate of drug-likeness (QED) is 0.800. The topological polar surface area (TPSA) is 80.9 Å². The Kier molecular flexibility index (Phi) is 3.59. The molecule has 0 saturated carbocycles. The molecule has 3 N–H and O–H groups in total. The number of hydrogen-bond donors (Lipinski definition) is 2. The van der Waals surface area contributed by atoms with Crippen molar-refractivity contribution < 1.29 is 9.18 Å². The van der Waals surface area contributed by atoms with Gasteiger partial charge in [0.15, 0.2) is 0 Å². The number of aromatic nitrogens is 2. The van der Waals surface area contributed by atoms with Gasteiger partial charge in [0.1, 0.15) is 0 Å². The van der Waals surface area contributed by atoms with Gasteiger partial charge in [0.25, 0.3) is 5.91 Å². The molecule has 2 rings (SSSR count). The third-order valence-electron chi connectivity index (χ3n) is 2.27. The van der Waals surface area contributed by atoms with Gasteiger partial charge < -0.3 is 11.1 Å². The SMILES string of the molecule is NCc1cc(C(=O)Nc2ccc(F)nc2)ccn1. The summed E-state index contributed by atoms with van der Waals surface area (Å²) in [5.41, 5.74) is 6.93. The molecule has 0 aliphatic heterocycles. The average Bonchev–Trinajstić information content (AvgIpc) is 2.41. The van der Waals surface area contributed by atoms with Crippen molar-refractivity contribution in [3.05, 3.63) is 53.9 Å². The van der Waals surface area contributed by atoms with Crippen LogP contribution in [0.4, 0.5) is 10.1 Å². The van der Waals surface area contributed by atoms with Gasteiger partial charge in [-0.15, -0.1) is 0 Å². The molecule has 6 heteroatoms. The highest BCUT2D eigenvalue weighted by Crippen LogP contribution is 2.09. The lowest BCUT2D eigenvalue weighted by Gasteiger charge is -2.05. The second kappa shape index (κ2) is 5.33. The van der Waals surface area contributed by atoms with Crippen LogP contribution in [-0.4, -0.2) is 15.9 Å². The normalized spacial score (nSPS) is 10.1. The van der Waals surface area contributed by atoms with E-state index < -0.39 is 5.95 Å². The van der Waals surface area contributed by atoms with Crippen molar-refractivity contribution in [1.82, 2.24) is 9.97 Å². The molecule has 2 aromatic heterocycles. The second-order valence-corrected chi connectivity index (χ2v) is 3.56. The first-order chi connectivity index (χ1) is 8.69. The number of anilines is 1. The summed E-state index contributed by atoms with van der Waals surface area (Å²) >= 11 is 0. The van der Waals surface area contributed by atoms with E-state index in [1.54, 1.807) is 12.1 Å². The minimum absolute atomic E-state index is 0.263. The van der Waals surface area contributed by atoms with Crippen LogP contribution < -0.4 is 11.1 Å². The molecule has 18 heavy (non-hydrogen) atoms. The summed E-state index contributed by atoms with van der Waals surface area (Å²) in [5, 5.41) is 2.60. The van der Waals surface area contributed by atoms with Crippen LogP contribution in [0.2, 0.25) is 0 Å². The summed E-state index contributed by atoms with van der Waals surface area (Å²) in [5.74, 6) is -0.914. The van der Waals surface area contributed by atoms with Gasteiger partial charge >= 0.3 is 0 Å². The van der Waals surface area contributed by atoms with E-state index in [9.17, 15) is 9.18 Å². The Morgan fingerprint density at radius 2 is 2.17 bits per heavy atom. The molecule has 0 spiro atoms. The smallest absolute Gasteiger partial charge is 0.255 e. The lowest BCUT2D eigenvalue weighted by molar-refractivity contribution is 0.102. The van der Waals surface area contributed by atoms with E-state index in [4.69, 9.17) is 5.73 Å². The van der Waals surface area contributed by atoms with E-state index in [0.717, 1.165) is 0 Å². The van der Waals surface area contributed by atoms with Crippen molar-refractivity contribution in [3.8, 4) is 0 Å². The molecule has 0 aliphatic rings. The first-order valence-electron chi connectivity index (χ1n) is 5.27. The Hall–Kier alpha value is -2.34. The Balaban J connectivity index is 2.14. The summed E-state index contributed by atoms with van der Waals surface area (Å²) < 4.78 is 12.6. The summed E-state index contributed by atoms with van der Waals surface area (Å²) in [6.07, 6.45) is 2.76. The summed E-state index contributed by atoms with van der Waals surface area (Å²) in [6, 6.07) is 5.79. The van der Waals surface area contributed by atoms with Gasteiger partial charge in [0, 0.05) is 18.3 Å². The van der Waals surface area contributed by atoms with Crippen LogP contribution in [0.25, 0.3) is 0 Å². The zero-order valence-corrected chi connectivity index (χ0v) is 9.43. The number of pyridine rings is 2. The van der Waals surface area contributed by atoms with Gasteiger partial charge in [0.05, 0.1) is 17.6 Å². The Labute approximate surface area is 103 Å². The van der Waals surface area contributed by atoms with Crippen molar-refractivity contribution in [2.75, 3.05) is 5.32 Å².